The molecule has 3 N–H and O–H groups in total. The molecule has 0 aliphatic rings. The smallest absolute Gasteiger partial charge is 0.119 e. The summed E-state index contributed by atoms with van der Waals surface area (Å²) < 4.78 is 5.65. The van der Waals surface area contributed by atoms with E-state index < -0.39 is 0 Å². The quantitative estimate of drug-likeness (QED) is 0.711. The van der Waals surface area contributed by atoms with E-state index in [0.717, 1.165) is 34.0 Å². The predicted molar refractivity (Wildman–Crippen MR) is 89.6 cm³/mol. The number of hydrogen-bond donors (Lipinski definition) is 2. The molecule has 4 nitrogen and oxygen atoms in total. The molecule has 0 aliphatic carbocycles. The van der Waals surface area contributed by atoms with E-state index >= 15 is 0 Å². The maximum Gasteiger partial charge on any atom is 0.119 e. The minimum absolute atomic E-state index is 0.174. The van der Waals surface area contributed by atoms with E-state index in [1.807, 2.05) is 68.4 Å². The molecule has 3 aromatic rings. The maximum atomic E-state index is 5.82. The molecule has 0 saturated carbocycles. The molecule has 0 saturated heterocycles. The summed E-state index contributed by atoms with van der Waals surface area (Å²) in [7, 11) is 0. The van der Waals surface area contributed by atoms with Gasteiger partial charge in [0.1, 0.15) is 5.75 Å². The third-order valence-electron chi connectivity index (χ3n) is 3.30. The van der Waals surface area contributed by atoms with Gasteiger partial charge in [-0.2, -0.15) is 5.10 Å². The minimum atomic E-state index is 0.174. The van der Waals surface area contributed by atoms with Gasteiger partial charge in [0.05, 0.1) is 17.5 Å². The number of benzene rings is 2. The van der Waals surface area contributed by atoms with Crippen molar-refractivity contribution in [1.82, 2.24) is 10.2 Å². The van der Waals surface area contributed by atoms with Gasteiger partial charge in [0.15, 0.2) is 0 Å². The first kappa shape index (κ1) is 14.2. The fraction of sp³-hybridized carbons (Fsp3) is 0.167. The number of aromatic amines is 1. The van der Waals surface area contributed by atoms with Crippen molar-refractivity contribution in [3.8, 4) is 28.3 Å². The van der Waals surface area contributed by atoms with Gasteiger partial charge in [-0.05, 0) is 61.9 Å². The molecule has 0 amide bonds. The molecule has 0 spiro atoms. The zero-order chi connectivity index (χ0) is 15.5. The van der Waals surface area contributed by atoms with Crippen molar-refractivity contribution in [2.75, 3.05) is 5.73 Å². The Kier molecular flexibility index (Phi) is 3.83. The van der Waals surface area contributed by atoms with Gasteiger partial charge < -0.3 is 10.5 Å². The summed E-state index contributed by atoms with van der Waals surface area (Å²) >= 11 is 0. The standard InChI is InChI=1S/C18H19N3O/c1-12(2)22-16-8-6-13(7-9-16)17-11-18(21-20-17)14-4-3-5-15(19)10-14/h3-12H,19H2,1-2H3,(H,20,21). The zero-order valence-electron chi connectivity index (χ0n) is 12.7. The molecular weight excluding hydrogens is 274 g/mol. The van der Waals surface area contributed by atoms with Crippen molar-refractivity contribution in [2.45, 2.75) is 20.0 Å². The highest BCUT2D eigenvalue weighted by Gasteiger charge is 2.06. The van der Waals surface area contributed by atoms with Crippen molar-refractivity contribution in [2.24, 2.45) is 0 Å². The van der Waals surface area contributed by atoms with Crippen molar-refractivity contribution in [3.63, 3.8) is 0 Å². The van der Waals surface area contributed by atoms with E-state index in [4.69, 9.17) is 10.5 Å². The van der Waals surface area contributed by atoms with Crippen LogP contribution in [0.15, 0.2) is 54.6 Å². The molecule has 1 aromatic heterocycles. The lowest BCUT2D eigenvalue weighted by Gasteiger charge is -2.09. The van der Waals surface area contributed by atoms with Crippen LogP contribution >= 0.6 is 0 Å². The topological polar surface area (TPSA) is 63.9 Å². The molecule has 2 aromatic carbocycles. The second-order valence-electron chi connectivity index (χ2n) is 5.48. The van der Waals surface area contributed by atoms with Gasteiger partial charge in [0.25, 0.3) is 0 Å². The lowest BCUT2D eigenvalue weighted by molar-refractivity contribution is 0.242. The highest BCUT2D eigenvalue weighted by Crippen LogP contribution is 2.26. The monoisotopic (exact) mass is 293 g/mol. The number of anilines is 1. The van der Waals surface area contributed by atoms with Crippen LogP contribution in [0.5, 0.6) is 5.75 Å². The van der Waals surface area contributed by atoms with Crippen LogP contribution in [0.4, 0.5) is 5.69 Å². The van der Waals surface area contributed by atoms with E-state index in [-0.39, 0.29) is 6.10 Å². The maximum absolute atomic E-state index is 5.82. The molecule has 0 unspecified atom stereocenters. The molecule has 0 fully saturated rings. The molecule has 112 valence electrons. The van der Waals surface area contributed by atoms with Gasteiger partial charge in [0.2, 0.25) is 0 Å². The van der Waals surface area contributed by atoms with Crippen LogP contribution in [-0.2, 0) is 0 Å². The highest BCUT2D eigenvalue weighted by atomic mass is 16.5. The van der Waals surface area contributed by atoms with E-state index in [0.29, 0.717) is 0 Å². The van der Waals surface area contributed by atoms with Crippen molar-refractivity contribution in [3.05, 3.63) is 54.6 Å². The van der Waals surface area contributed by atoms with Gasteiger partial charge in [-0.25, -0.2) is 0 Å². The van der Waals surface area contributed by atoms with E-state index in [2.05, 4.69) is 10.2 Å². The molecule has 0 bridgehead atoms. The van der Waals surface area contributed by atoms with E-state index in [9.17, 15) is 0 Å². The summed E-state index contributed by atoms with van der Waals surface area (Å²) in [5, 5.41) is 7.43. The number of aromatic nitrogens is 2. The average Bonchev–Trinajstić information content (AvgIpc) is 2.97. The van der Waals surface area contributed by atoms with E-state index in [1.165, 1.54) is 0 Å². The van der Waals surface area contributed by atoms with Gasteiger partial charge in [-0.1, -0.05) is 12.1 Å². The number of hydrogen-bond acceptors (Lipinski definition) is 3. The Morgan fingerprint density at radius 1 is 1.00 bits per heavy atom. The molecule has 3 rings (SSSR count). The average molecular weight is 293 g/mol. The molecule has 0 aliphatic heterocycles. The fourth-order valence-corrected chi connectivity index (χ4v) is 2.30. The van der Waals surface area contributed by atoms with Crippen molar-refractivity contribution in [1.29, 1.82) is 0 Å². The summed E-state index contributed by atoms with van der Waals surface area (Å²) in [6.07, 6.45) is 0.174. The second-order valence-corrected chi connectivity index (χ2v) is 5.48. The largest absolute Gasteiger partial charge is 0.491 e. The molecule has 4 heteroatoms. The SMILES string of the molecule is CC(C)Oc1ccc(-c2cc(-c3cccc(N)c3)n[nH]2)cc1. The summed E-state index contributed by atoms with van der Waals surface area (Å²) in [5.74, 6) is 0.870. The minimum Gasteiger partial charge on any atom is -0.491 e. The van der Waals surface area contributed by atoms with Crippen LogP contribution in [0.25, 0.3) is 22.5 Å². The summed E-state index contributed by atoms with van der Waals surface area (Å²) in [4.78, 5) is 0. The Balaban J connectivity index is 1.84. The molecule has 0 atom stereocenters. The first-order valence-corrected chi connectivity index (χ1v) is 7.30. The Morgan fingerprint density at radius 3 is 2.45 bits per heavy atom. The third kappa shape index (κ3) is 3.11. The Bertz CT molecular complexity index is 760. The number of nitrogen functional groups attached to an aromatic ring is 1. The van der Waals surface area contributed by atoms with Crippen LogP contribution in [0, 0.1) is 0 Å². The zero-order valence-corrected chi connectivity index (χ0v) is 12.7. The first-order chi connectivity index (χ1) is 10.6. The van der Waals surface area contributed by atoms with Crippen molar-refractivity contribution >= 4 is 5.69 Å². The summed E-state index contributed by atoms with van der Waals surface area (Å²) in [5.41, 5.74) is 10.5. The number of rotatable bonds is 4. The predicted octanol–water partition coefficient (Wildman–Crippen LogP) is 4.11. The van der Waals surface area contributed by atoms with Crippen LogP contribution in [0.1, 0.15) is 13.8 Å². The van der Waals surface area contributed by atoms with Gasteiger partial charge in [0, 0.05) is 11.3 Å². The van der Waals surface area contributed by atoms with E-state index in [1.54, 1.807) is 0 Å². The first-order valence-electron chi connectivity index (χ1n) is 7.30. The third-order valence-corrected chi connectivity index (χ3v) is 3.30. The number of nitrogens with zero attached hydrogens (tertiary/aromatic N) is 1. The highest BCUT2D eigenvalue weighted by molar-refractivity contribution is 5.70. The van der Waals surface area contributed by atoms with Crippen LogP contribution in [-0.4, -0.2) is 16.3 Å². The lowest BCUT2D eigenvalue weighted by atomic mass is 10.1. The summed E-state index contributed by atoms with van der Waals surface area (Å²) in [6, 6.07) is 17.7. The summed E-state index contributed by atoms with van der Waals surface area (Å²) in [6.45, 7) is 4.03. The van der Waals surface area contributed by atoms with Crippen molar-refractivity contribution < 1.29 is 4.74 Å². The Hall–Kier alpha value is -2.75. The number of H-pyrrole nitrogens is 1. The Morgan fingerprint density at radius 2 is 1.77 bits per heavy atom. The molecule has 1 heterocycles. The molecule has 0 radical (unpaired) electrons. The fourth-order valence-electron chi connectivity index (χ4n) is 2.30. The molecular formula is C18H19N3O. The van der Waals surface area contributed by atoms with Crippen LogP contribution in [0.2, 0.25) is 0 Å². The van der Waals surface area contributed by atoms with Crippen LogP contribution in [0.3, 0.4) is 0 Å². The Labute approximate surface area is 129 Å². The number of nitrogens with one attached hydrogen (secondary N) is 1. The molecule has 22 heavy (non-hydrogen) atoms. The number of nitrogens with two attached hydrogens (primary N) is 1. The van der Waals surface area contributed by atoms with Gasteiger partial charge >= 0.3 is 0 Å². The normalized spacial score (nSPS) is 10.9. The number of ether oxygens (including phenoxy) is 1. The van der Waals surface area contributed by atoms with Gasteiger partial charge in [-0.15, -0.1) is 0 Å². The van der Waals surface area contributed by atoms with Crippen LogP contribution < -0.4 is 10.5 Å². The second kappa shape index (κ2) is 5.93. The van der Waals surface area contributed by atoms with Gasteiger partial charge in [-0.3, -0.25) is 5.10 Å². The lowest BCUT2D eigenvalue weighted by Crippen LogP contribution is -2.05.